The summed E-state index contributed by atoms with van der Waals surface area (Å²) in [7, 11) is 1.52. The number of nitrogens with one attached hydrogen (secondary N) is 1. The summed E-state index contributed by atoms with van der Waals surface area (Å²) in [5.41, 5.74) is 3.02. The Balaban J connectivity index is 2.06. The summed E-state index contributed by atoms with van der Waals surface area (Å²) >= 11 is 0. The molecule has 0 aliphatic carbocycles. The summed E-state index contributed by atoms with van der Waals surface area (Å²) in [5.74, 6) is -0.0356. The molecule has 1 atom stereocenters. The van der Waals surface area contributed by atoms with Gasteiger partial charge >= 0.3 is 5.97 Å². The number of amides is 1. The predicted molar refractivity (Wildman–Crippen MR) is 104 cm³/mol. The maximum atomic E-state index is 12.4. The highest BCUT2D eigenvalue weighted by Crippen LogP contribution is 2.28. The lowest BCUT2D eigenvalue weighted by molar-refractivity contribution is -0.123. The van der Waals surface area contributed by atoms with Crippen LogP contribution in [0.3, 0.4) is 0 Å². The number of carbonyl (C=O) groups excluding carboxylic acids is 2. The second-order valence-corrected chi connectivity index (χ2v) is 6.15. The van der Waals surface area contributed by atoms with Gasteiger partial charge in [-0.05, 0) is 57.5 Å². The van der Waals surface area contributed by atoms with Crippen molar-refractivity contribution >= 4 is 17.6 Å². The van der Waals surface area contributed by atoms with E-state index in [4.69, 9.17) is 14.2 Å². The molecule has 0 aliphatic rings. The lowest BCUT2D eigenvalue weighted by atomic mass is 10.1. The number of aryl methyl sites for hydroxylation is 2. The highest BCUT2D eigenvalue weighted by atomic mass is 16.5. The molecule has 0 heterocycles. The number of hydrogen-bond donors (Lipinski definition) is 1. The SMILES string of the molecule is CCOc1cc(C(=O)O[C@@H](C)C(=O)Nc2ccc(C)cc2C)ccc1OC. The maximum absolute atomic E-state index is 12.4. The molecule has 0 unspecified atom stereocenters. The Labute approximate surface area is 159 Å². The second-order valence-electron chi connectivity index (χ2n) is 6.15. The molecule has 0 spiro atoms. The fraction of sp³-hybridized carbons (Fsp3) is 0.333. The van der Waals surface area contributed by atoms with E-state index in [1.807, 2.05) is 39.0 Å². The Morgan fingerprint density at radius 2 is 1.81 bits per heavy atom. The van der Waals surface area contributed by atoms with Crippen LogP contribution in [0.15, 0.2) is 36.4 Å². The Kier molecular flexibility index (Phi) is 6.82. The first-order valence-corrected chi connectivity index (χ1v) is 8.75. The van der Waals surface area contributed by atoms with Gasteiger partial charge in [0.05, 0.1) is 19.3 Å². The normalized spacial score (nSPS) is 11.4. The lowest BCUT2D eigenvalue weighted by Crippen LogP contribution is -2.30. The minimum Gasteiger partial charge on any atom is -0.493 e. The highest BCUT2D eigenvalue weighted by Gasteiger charge is 2.20. The molecule has 144 valence electrons. The van der Waals surface area contributed by atoms with Crippen LogP contribution in [0.1, 0.15) is 35.3 Å². The molecule has 1 amide bonds. The molecule has 0 saturated heterocycles. The van der Waals surface area contributed by atoms with Crippen molar-refractivity contribution in [1.29, 1.82) is 0 Å². The predicted octanol–water partition coefficient (Wildman–Crippen LogP) is 3.89. The first-order valence-electron chi connectivity index (χ1n) is 8.75. The van der Waals surface area contributed by atoms with E-state index < -0.39 is 18.0 Å². The van der Waals surface area contributed by atoms with Crippen LogP contribution in [0.2, 0.25) is 0 Å². The molecule has 0 bridgehead atoms. The first kappa shape index (κ1) is 20.3. The molecule has 6 heteroatoms. The van der Waals surface area contributed by atoms with Gasteiger partial charge in [-0.15, -0.1) is 0 Å². The molecule has 2 aromatic rings. The molecule has 2 rings (SSSR count). The van der Waals surface area contributed by atoms with Gasteiger partial charge in [-0.25, -0.2) is 4.79 Å². The number of rotatable bonds is 7. The van der Waals surface area contributed by atoms with Gasteiger partial charge in [-0.1, -0.05) is 17.7 Å². The highest BCUT2D eigenvalue weighted by molar-refractivity contribution is 5.98. The van der Waals surface area contributed by atoms with E-state index in [0.29, 0.717) is 23.8 Å². The fourth-order valence-electron chi connectivity index (χ4n) is 2.54. The largest absolute Gasteiger partial charge is 0.493 e. The summed E-state index contributed by atoms with van der Waals surface area (Å²) in [6.45, 7) is 7.69. The molecular weight excluding hydrogens is 346 g/mol. The second kappa shape index (κ2) is 9.07. The van der Waals surface area contributed by atoms with Crippen LogP contribution < -0.4 is 14.8 Å². The zero-order valence-corrected chi connectivity index (χ0v) is 16.3. The average Bonchev–Trinajstić information content (AvgIpc) is 2.64. The maximum Gasteiger partial charge on any atom is 0.339 e. The molecule has 27 heavy (non-hydrogen) atoms. The standard InChI is InChI=1S/C21H25NO5/c1-6-26-19-12-16(8-10-18(19)25-5)21(24)27-15(4)20(23)22-17-9-7-13(2)11-14(17)3/h7-12,15H,6H2,1-5H3,(H,22,23)/t15-/m0/s1. The Hall–Kier alpha value is -3.02. The van der Waals surface area contributed by atoms with Gasteiger partial charge in [0.1, 0.15) is 0 Å². The summed E-state index contributed by atoms with van der Waals surface area (Å²) in [6.07, 6.45) is -0.948. The van der Waals surface area contributed by atoms with Gasteiger partial charge in [0.25, 0.3) is 5.91 Å². The third kappa shape index (κ3) is 5.23. The topological polar surface area (TPSA) is 73.9 Å². The number of methoxy groups -OCH3 is 1. The minimum absolute atomic E-state index is 0.283. The summed E-state index contributed by atoms with van der Waals surface area (Å²) in [4.78, 5) is 24.7. The van der Waals surface area contributed by atoms with E-state index in [-0.39, 0.29) is 5.56 Å². The van der Waals surface area contributed by atoms with Crippen molar-refractivity contribution in [2.45, 2.75) is 33.8 Å². The van der Waals surface area contributed by atoms with Crippen LogP contribution >= 0.6 is 0 Å². The minimum atomic E-state index is -0.948. The molecule has 0 fully saturated rings. The Morgan fingerprint density at radius 1 is 1.07 bits per heavy atom. The van der Waals surface area contributed by atoms with Gasteiger partial charge in [-0.3, -0.25) is 4.79 Å². The van der Waals surface area contributed by atoms with Gasteiger partial charge in [0.2, 0.25) is 0 Å². The van der Waals surface area contributed by atoms with Crippen LogP contribution in [0.4, 0.5) is 5.69 Å². The van der Waals surface area contributed by atoms with Crippen LogP contribution in [-0.4, -0.2) is 31.7 Å². The van der Waals surface area contributed by atoms with Crippen LogP contribution in [0, 0.1) is 13.8 Å². The quantitative estimate of drug-likeness (QED) is 0.748. The van der Waals surface area contributed by atoms with Crippen LogP contribution in [0.5, 0.6) is 11.5 Å². The van der Waals surface area contributed by atoms with E-state index in [1.54, 1.807) is 18.2 Å². The number of carbonyl (C=O) groups is 2. The summed E-state index contributed by atoms with van der Waals surface area (Å²) in [5, 5.41) is 2.78. The van der Waals surface area contributed by atoms with Crippen molar-refractivity contribution in [3.8, 4) is 11.5 Å². The summed E-state index contributed by atoms with van der Waals surface area (Å²) in [6, 6.07) is 10.4. The zero-order chi connectivity index (χ0) is 20.0. The number of esters is 1. The first-order chi connectivity index (χ1) is 12.8. The van der Waals surface area contributed by atoms with Crippen LogP contribution in [-0.2, 0) is 9.53 Å². The van der Waals surface area contributed by atoms with E-state index in [1.165, 1.54) is 14.0 Å². The number of benzene rings is 2. The van der Waals surface area contributed by atoms with Gasteiger partial charge in [0.15, 0.2) is 17.6 Å². The van der Waals surface area contributed by atoms with Crippen molar-refractivity contribution in [3.05, 3.63) is 53.1 Å². The number of hydrogen-bond acceptors (Lipinski definition) is 5. The van der Waals surface area contributed by atoms with E-state index in [2.05, 4.69) is 5.32 Å². The fourth-order valence-corrected chi connectivity index (χ4v) is 2.54. The van der Waals surface area contributed by atoms with Crippen molar-refractivity contribution in [2.24, 2.45) is 0 Å². The van der Waals surface area contributed by atoms with Gasteiger partial charge in [-0.2, -0.15) is 0 Å². The van der Waals surface area contributed by atoms with Crippen LogP contribution in [0.25, 0.3) is 0 Å². The van der Waals surface area contributed by atoms with Gasteiger partial charge in [0, 0.05) is 5.69 Å². The van der Waals surface area contributed by atoms with Crippen molar-refractivity contribution in [2.75, 3.05) is 19.0 Å². The zero-order valence-electron chi connectivity index (χ0n) is 16.3. The average molecular weight is 371 g/mol. The smallest absolute Gasteiger partial charge is 0.339 e. The van der Waals surface area contributed by atoms with E-state index >= 15 is 0 Å². The third-order valence-electron chi connectivity index (χ3n) is 3.99. The molecule has 0 saturated carbocycles. The molecule has 0 aliphatic heterocycles. The van der Waals surface area contributed by atoms with Crippen molar-refractivity contribution in [3.63, 3.8) is 0 Å². The molecule has 6 nitrogen and oxygen atoms in total. The lowest BCUT2D eigenvalue weighted by Gasteiger charge is -2.16. The van der Waals surface area contributed by atoms with E-state index in [0.717, 1.165) is 11.1 Å². The Morgan fingerprint density at radius 3 is 2.44 bits per heavy atom. The van der Waals surface area contributed by atoms with Gasteiger partial charge < -0.3 is 19.5 Å². The summed E-state index contributed by atoms with van der Waals surface area (Å²) < 4.78 is 16.0. The molecule has 0 aromatic heterocycles. The molecule has 0 radical (unpaired) electrons. The van der Waals surface area contributed by atoms with E-state index in [9.17, 15) is 9.59 Å². The Bertz CT molecular complexity index is 831. The molecular formula is C21H25NO5. The van der Waals surface area contributed by atoms with Crippen molar-refractivity contribution < 1.29 is 23.8 Å². The monoisotopic (exact) mass is 371 g/mol. The van der Waals surface area contributed by atoms with Crippen molar-refractivity contribution in [1.82, 2.24) is 0 Å². The number of ether oxygens (including phenoxy) is 3. The third-order valence-corrected chi connectivity index (χ3v) is 3.99. The molecule has 1 N–H and O–H groups in total. The number of anilines is 1. The molecule has 2 aromatic carbocycles.